The molecule has 2 rings (SSSR count). The molecule has 1 heterocycles. The van der Waals surface area contributed by atoms with Gasteiger partial charge in [0.25, 0.3) is 0 Å². The van der Waals surface area contributed by atoms with Gasteiger partial charge >= 0.3 is 0 Å². The maximum atomic E-state index is 9.95. The van der Waals surface area contributed by atoms with E-state index < -0.39 is 11.4 Å². The Bertz CT molecular complexity index is 186. The summed E-state index contributed by atoms with van der Waals surface area (Å²) in [4.78, 5) is 0. The molecule has 1 saturated carbocycles. The predicted molar refractivity (Wildman–Crippen MR) is 43.7 cm³/mol. The van der Waals surface area contributed by atoms with E-state index in [0.717, 1.165) is 6.42 Å². The predicted octanol–water partition coefficient (Wildman–Crippen LogP) is 0.910. The Kier molecular flexibility index (Phi) is 1.43. The third kappa shape index (κ3) is 0.721. The molecule has 2 aliphatic rings. The van der Waals surface area contributed by atoms with Gasteiger partial charge in [0.1, 0.15) is 5.60 Å². The summed E-state index contributed by atoms with van der Waals surface area (Å²) in [5.74, 6) is -0.736. The van der Waals surface area contributed by atoms with E-state index in [1.54, 1.807) is 6.92 Å². The van der Waals surface area contributed by atoms with Gasteiger partial charge in [0.15, 0.2) is 0 Å². The first-order valence-electron chi connectivity index (χ1n) is 4.42. The van der Waals surface area contributed by atoms with Crippen LogP contribution in [0.4, 0.5) is 0 Å². The third-order valence-corrected chi connectivity index (χ3v) is 3.08. The summed E-state index contributed by atoms with van der Waals surface area (Å²) in [6.45, 7) is 7.11. The summed E-state index contributed by atoms with van der Waals surface area (Å²) in [5, 5.41) is 9.95. The maximum absolute atomic E-state index is 9.95. The molecule has 2 fully saturated rings. The molecule has 1 N–H and O–H groups in total. The number of hydrogen-bond acceptors (Lipinski definition) is 3. The second-order valence-electron chi connectivity index (χ2n) is 4.65. The fourth-order valence-electron chi connectivity index (χ4n) is 2.83. The van der Waals surface area contributed by atoms with Gasteiger partial charge in [0, 0.05) is 5.41 Å². The summed E-state index contributed by atoms with van der Waals surface area (Å²) in [5.41, 5.74) is -0.875. The molecule has 1 atom stereocenters. The lowest BCUT2D eigenvalue weighted by molar-refractivity contribution is -0.385. The second kappa shape index (κ2) is 2.03. The van der Waals surface area contributed by atoms with Gasteiger partial charge in [0.05, 0.1) is 13.2 Å². The Morgan fingerprint density at radius 1 is 1.08 bits per heavy atom. The third-order valence-electron chi connectivity index (χ3n) is 3.08. The lowest BCUT2D eigenvalue weighted by Crippen LogP contribution is -2.73. The van der Waals surface area contributed by atoms with Gasteiger partial charge in [-0.3, -0.25) is 0 Å². The van der Waals surface area contributed by atoms with E-state index in [1.807, 2.05) is 0 Å². The minimum Gasteiger partial charge on any atom is -0.385 e. The minimum atomic E-state index is -0.812. The molecule has 70 valence electrons. The zero-order valence-corrected chi connectivity index (χ0v) is 7.89. The average Bonchev–Trinajstić information content (AvgIpc) is 2.31. The Balaban J connectivity index is 2.30. The van der Waals surface area contributed by atoms with Crippen molar-refractivity contribution in [3.8, 4) is 0 Å². The van der Waals surface area contributed by atoms with Gasteiger partial charge in [-0.25, -0.2) is 0 Å². The molecule has 12 heavy (non-hydrogen) atoms. The van der Waals surface area contributed by atoms with Crippen LogP contribution in [0.1, 0.15) is 27.2 Å². The fourth-order valence-corrected chi connectivity index (χ4v) is 2.83. The van der Waals surface area contributed by atoms with Crippen LogP contribution in [-0.4, -0.2) is 29.7 Å². The standard InChI is InChI=1S/C9H16O3/c1-7(2)6-8(3,10)9(7)11-4-5-12-9/h10H,4-6H2,1-3H3. The monoisotopic (exact) mass is 172 g/mol. The molecule has 3 nitrogen and oxygen atoms in total. The minimum absolute atomic E-state index is 0.0625. The molecule has 0 radical (unpaired) electrons. The van der Waals surface area contributed by atoms with Crippen molar-refractivity contribution in [2.75, 3.05) is 13.2 Å². The quantitative estimate of drug-likeness (QED) is 0.590. The van der Waals surface area contributed by atoms with E-state index in [9.17, 15) is 5.11 Å². The van der Waals surface area contributed by atoms with Gasteiger partial charge in [-0.05, 0) is 13.3 Å². The first kappa shape index (κ1) is 8.48. The Hall–Kier alpha value is -0.120. The van der Waals surface area contributed by atoms with E-state index >= 15 is 0 Å². The molecule has 0 amide bonds. The normalized spacial score (nSPS) is 43.0. The summed E-state index contributed by atoms with van der Waals surface area (Å²) in [7, 11) is 0. The highest BCUT2D eigenvalue weighted by atomic mass is 16.8. The molecule has 0 aromatic carbocycles. The molecule has 1 aliphatic carbocycles. The second-order valence-corrected chi connectivity index (χ2v) is 4.65. The molecule has 1 unspecified atom stereocenters. The summed E-state index contributed by atoms with van der Waals surface area (Å²) in [6.07, 6.45) is 0.736. The summed E-state index contributed by atoms with van der Waals surface area (Å²) < 4.78 is 11.1. The number of ether oxygens (including phenoxy) is 2. The Morgan fingerprint density at radius 3 is 1.83 bits per heavy atom. The van der Waals surface area contributed by atoms with Crippen LogP contribution >= 0.6 is 0 Å². The smallest absolute Gasteiger partial charge is 0.202 e. The van der Waals surface area contributed by atoms with Gasteiger partial charge in [0.2, 0.25) is 5.79 Å². The van der Waals surface area contributed by atoms with Crippen molar-refractivity contribution >= 4 is 0 Å². The largest absolute Gasteiger partial charge is 0.385 e. The van der Waals surface area contributed by atoms with Gasteiger partial charge in [-0.15, -0.1) is 0 Å². The van der Waals surface area contributed by atoms with Crippen molar-refractivity contribution in [1.29, 1.82) is 0 Å². The van der Waals surface area contributed by atoms with Crippen LogP contribution in [0.5, 0.6) is 0 Å². The molecule has 1 saturated heterocycles. The molecular formula is C9H16O3. The van der Waals surface area contributed by atoms with E-state index in [0.29, 0.717) is 13.2 Å². The van der Waals surface area contributed by atoms with Crippen LogP contribution in [0, 0.1) is 5.41 Å². The average molecular weight is 172 g/mol. The number of hydrogen-bond donors (Lipinski definition) is 1. The number of rotatable bonds is 0. The molecular weight excluding hydrogens is 156 g/mol. The van der Waals surface area contributed by atoms with Crippen LogP contribution < -0.4 is 0 Å². The highest BCUT2D eigenvalue weighted by Gasteiger charge is 2.71. The highest BCUT2D eigenvalue weighted by Crippen LogP contribution is 2.60. The van der Waals surface area contributed by atoms with Crippen LogP contribution in [0.2, 0.25) is 0 Å². The zero-order chi connectivity index (χ0) is 9.04. The highest BCUT2D eigenvalue weighted by molar-refractivity contribution is 5.14. The van der Waals surface area contributed by atoms with Gasteiger partial charge in [-0.1, -0.05) is 13.8 Å². The Morgan fingerprint density at radius 2 is 1.58 bits per heavy atom. The Labute approximate surface area is 72.7 Å². The fraction of sp³-hybridized carbons (Fsp3) is 1.00. The van der Waals surface area contributed by atoms with Crippen LogP contribution in [-0.2, 0) is 9.47 Å². The van der Waals surface area contributed by atoms with E-state index in [2.05, 4.69) is 13.8 Å². The molecule has 0 aromatic rings. The topological polar surface area (TPSA) is 38.7 Å². The van der Waals surface area contributed by atoms with E-state index in [1.165, 1.54) is 0 Å². The van der Waals surface area contributed by atoms with Crippen LogP contribution in [0.25, 0.3) is 0 Å². The van der Waals surface area contributed by atoms with Crippen LogP contribution in [0.3, 0.4) is 0 Å². The number of aliphatic hydroxyl groups is 1. The molecule has 3 heteroatoms. The van der Waals surface area contributed by atoms with Crippen molar-refractivity contribution in [1.82, 2.24) is 0 Å². The van der Waals surface area contributed by atoms with Crippen molar-refractivity contribution in [2.45, 2.75) is 38.6 Å². The lowest BCUT2D eigenvalue weighted by Gasteiger charge is -2.61. The SMILES string of the molecule is CC1(C)CC(C)(O)C12OCCO2. The van der Waals surface area contributed by atoms with Crippen molar-refractivity contribution in [3.63, 3.8) is 0 Å². The van der Waals surface area contributed by atoms with E-state index in [-0.39, 0.29) is 5.41 Å². The van der Waals surface area contributed by atoms with Gasteiger partial charge < -0.3 is 14.6 Å². The van der Waals surface area contributed by atoms with E-state index in [4.69, 9.17) is 9.47 Å². The lowest BCUT2D eigenvalue weighted by atomic mass is 9.56. The first-order valence-corrected chi connectivity index (χ1v) is 4.42. The zero-order valence-electron chi connectivity index (χ0n) is 7.89. The molecule has 1 aliphatic heterocycles. The van der Waals surface area contributed by atoms with Crippen molar-refractivity contribution in [3.05, 3.63) is 0 Å². The molecule has 1 spiro atoms. The molecule has 0 aromatic heterocycles. The maximum Gasteiger partial charge on any atom is 0.202 e. The van der Waals surface area contributed by atoms with Crippen LogP contribution in [0.15, 0.2) is 0 Å². The summed E-state index contributed by atoms with van der Waals surface area (Å²) in [6, 6.07) is 0. The van der Waals surface area contributed by atoms with Crippen molar-refractivity contribution in [2.24, 2.45) is 5.41 Å². The first-order chi connectivity index (χ1) is 5.41. The van der Waals surface area contributed by atoms with Crippen molar-refractivity contribution < 1.29 is 14.6 Å². The van der Waals surface area contributed by atoms with Gasteiger partial charge in [-0.2, -0.15) is 0 Å². The summed E-state index contributed by atoms with van der Waals surface area (Å²) >= 11 is 0. The molecule has 0 bridgehead atoms.